The Morgan fingerprint density at radius 2 is 1.90 bits per heavy atom. The van der Waals surface area contributed by atoms with E-state index in [0.717, 1.165) is 8.26 Å². The highest BCUT2D eigenvalue weighted by molar-refractivity contribution is 9.13. The van der Waals surface area contributed by atoms with Gasteiger partial charge in [0.15, 0.2) is 0 Å². The Hall–Kier alpha value is -1.18. The maximum absolute atomic E-state index is 12.2. The van der Waals surface area contributed by atoms with Crippen molar-refractivity contribution in [3.05, 3.63) is 49.5 Å². The highest BCUT2D eigenvalue weighted by Gasteiger charge is 2.18. The molecule has 0 fully saturated rings. The molecule has 7 heteroatoms. The number of carbonyl (C=O) groups is 2. The molecule has 21 heavy (non-hydrogen) atoms. The topological polar surface area (TPSA) is 49.4 Å². The summed E-state index contributed by atoms with van der Waals surface area (Å²) in [5.74, 6) is -0.415. The lowest BCUT2D eigenvalue weighted by molar-refractivity contribution is -0.116. The van der Waals surface area contributed by atoms with Crippen LogP contribution >= 0.6 is 43.2 Å². The fraction of sp³-hybridized carbons (Fsp3) is 0.143. The summed E-state index contributed by atoms with van der Waals surface area (Å²) in [7, 11) is 1.61. The fourth-order valence-corrected chi connectivity index (χ4v) is 3.68. The molecule has 0 bridgehead atoms. The number of nitrogens with zero attached hydrogens (tertiary/aromatic N) is 1. The lowest BCUT2D eigenvalue weighted by atomic mass is 10.3. The first kappa shape index (κ1) is 16.2. The van der Waals surface area contributed by atoms with Crippen molar-refractivity contribution in [3.8, 4) is 0 Å². The van der Waals surface area contributed by atoms with Crippen molar-refractivity contribution in [1.29, 1.82) is 0 Å². The summed E-state index contributed by atoms with van der Waals surface area (Å²) in [6.07, 6.45) is 0. The van der Waals surface area contributed by atoms with Crippen LogP contribution in [0.25, 0.3) is 0 Å². The summed E-state index contributed by atoms with van der Waals surface area (Å²) < 4.78 is 1.69. The molecule has 0 aliphatic rings. The second-order valence-corrected chi connectivity index (χ2v) is 7.53. The Balaban J connectivity index is 1.96. The fourth-order valence-electron chi connectivity index (χ4n) is 1.65. The number of halogens is 2. The van der Waals surface area contributed by atoms with Crippen molar-refractivity contribution in [2.75, 3.05) is 18.9 Å². The largest absolute Gasteiger partial charge is 0.332 e. The van der Waals surface area contributed by atoms with E-state index in [9.17, 15) is 9.59 Å². The van der Waals surface area contributed by atoms with Crippen LogP contribution in [0.15, 0.2) is 44.7 Å². The molecule has 2 amide bonds. The maximum atomic E-state index is 12.2. The molecule has 1 aromatic heterocycles. The predicted molar refractivity (Wildman–Crippen MR) is 91.8 cm³/mol. The Bertz CT molecular complexity index is 639. The van der Waals surface area contributed by atoms with Crippen LogP contribution in [-0.2, 0) is 4.79 Å². The van der Waals surface area contributed by atoms with Gasteiger partial charge in [-0.2, -0.15) is 0 Å². The van der Waals surface area contributed by atoms with Crippen LogP contribution < -0.4 is 5.32 Å². The zero-order chi connectivity index (χ0) is 15.4. The molecule has 1 N–H and O–H groups in total. The lowest BCUT2D eigenvalue weighted by Gasteiger charge is -2.15. The first-order valence-electron chi connectivity index (χ1n) is 6.02. The molecule has 0 aliphatic heterocycles. The maximum Gasteiger partial charge on any atom is 0.264 e. The SMILES string of the molecule is CN(CC(=O)Nc1ccccc1)C(=O)c1cc(Br)c(Br)s1. The normalized spacial score (nSPS) is 10.2. The Morgan fingerprint density at radius 1 is 1.24 bits per heavy atom. The summed E-state index contributed by atoms with van der Waals surface area (Å²) in [5.41, 5.74) is 0.713. The zero-order valence-electron chi connectivity index (χ0n) is 11.1. The van der Waals surface area contributed by atoms with Crippen LogP contribution in [0.5, 0.6) is 0 Å². The van der Waals surface area contributed by atoms with Gasteiger partial charge >= 0.3 is 0 Å². The van der Waals surface area contributed by atoms with E-state index in [1.807, 2.05) is 18.2 Å². The van der Waals surface area contributed by atoms with Gasteiger partial charge in [-0.1, -0.05) is 18.2 Å². The average Bonchev–Trinajstić information content (AvgIpc) is 2.78. The molecule has 1 heterocycles. The van der Waals surface area contributed by atoms with E-state index < -0.39 is 0 Å². The number of amides is 2. The zero-order valence-corrected chi connectivity index (χ0v) is 15.1. The summed E-state index contributed by atoms with van der Waals surface area (Å²) in [4.78, 5) is 26.1. The van der Waals surface area contributed by atoms with E-state index in [1.54, 1.807) is 25.2 Å². The molecular formula is C14H12Br2N2O2S. The summed E-state index contributed by atoms with van der Waals surface area (Å²) in [6.45, 7) is 0.000859. The van der Waals surface area contributed by atoms with Crippen LogP contribution in [0.1, 0.15) is 9.67 Å². The van der Waals surface area contributed by atoms with Gasteiger partial charge in [0.05, 0.1) is 15.2 Å². The van der Waals surface area contributed by atoms with Gasteiger partial charge in [-0.3, -0.25) is 9.59 Å². The number of anilines is 1. The second kappa shape index (κ2) is 7.20. The van der Waals surface area contributed by atoms with E-state index in [0.29, 0.717) is 10.6 Å². The quantitative estimate of drug-likeness (QED) is 0.795. The van der Waals surface area contributed by atoms with Crippen molar-refractivity contribution in [2.24, 2.45) is 0 Å². The number of benzene rings is 1. The lowest BCUT2D eigenvalue weighted by Crippen LogP contribution is -2.34. The number of likely N-dealkylation sites (N-methyl/N-ethyl adjacent to an activating group) is 1. The van der Waals surface area contributed by atoms with Crippen LogP contribution in [0.2, 0.25) is 0 Å². The molecule has 0 radical (unpaired) electrons. The number of nitrogens with one attached hydrogen (secondary N) is 1. The van der Waals surface area contributed by atoms with Gasteiger partial charge < -0.3 is 10.2 Å². The van der Waals surface area contributed by atoms with Crippen LogP contribution in [0.3, 0.4) is 0 Å². The van der Waals surface area contributed by atoms with E-state index in [2.05, 4.69) is 37.2 Å². The van der Waals surface area contributed by atoms with E-state index in [1.165, 1.54) is 16.2 Å². The van der Waals surface area contributed by atoms with Crippen molar-refractivity contribution in [3.63, 3.8) is 0 Å². The number of carbonyl (C=O) groups excluding carboxylic acids is 2. The molecule has 2 rings (SSSR count). The monoisotopic (exact) mass is 430 g/mol. The van der Waals surface area contributed by atoms with Gasteiger partial charge in [-0.25, -0.2) is 0 Å². The molecular weight excluding hydrogens is 420 g/mol. The number of para-hydroxylation sites is 1. The molecule has 1 aromatic carbocycles. The van der Waals surface area contributed by atoms with Crippen molar-refractivity contribution in [1.82, 2.24) is 4.90 Å². The number of hydrogen-bond donors (Lipinski definition) is 1. The van der Waals surface area contributed by atoms with Gasteiger partial charge in [0.1, 0.15) is 0 Å². The molecule has 2 aromatic rings. The Labute approximate surface area is 143 Å². The van der Waals surface area contributed by atoms with Crippen molar-refractivity contribution in [2.45, 2.75) is 0 Å². The molecule has 0 aliphatic carbocycles. The first-order valence-corrected chi connectivity index (χ1v) is 8.43. The molecule has 0 unspecified atom stereocenters. The minimum absolute atomic E-state index is 0.000859. The summed E-state index contributed by atoms with van der Waals surface area (Å²) >= 11 is 8.02. The Morgan fingerprint density at radius 3 is 2.48 bits per heavy atom. The standard InChI is InChI=1S/C14H12Br2N2O2S/c1-18(14(20)11-7-10(15)13(16)21-11)8-12(19)17-9-5-3-2-4-6-9/h2-7H,8H2,1H3,(H,17,19). The number of thiophene rings is 1. The predicted octanol–water partition coefficient (Wildman–Crippen LogP) is 3.98. The molecule has 4 nitrogen and oxygen atoms in total. The van der Waals surface area contributed by atoms with Gasteiger partial charge in [0, 0.05) is 17.2 Å². The molecule has 110 valence electrons. The minimum Gasteiger partial charge on any atom is -0.332 e. The molecule has 0 saturated heterocycles. The molecule has 0 atom stereocenters. The third-order valence-corrected chi connectivity index (χ3v) is 5.89. The average molecular weight is 432 g/mol. The van der Waals surface area contributed by atoms with E-state index in [-0.39, 0.29) is 18.4 Å². The smallest absolute Gasteiger partial charge is 0.264 e. The van der Waals surface area contributed by atoms with E-state index in [4.69, 9.17) is 0 Å². The molecule has 0 spiro atoms. The third-order valence-electron chi connectivity index (χ3n) is 2.64. The second-order valence-electron chi connectivity index (χ2n) is 4.31. The molecule has 0 saturated carbocycles. The summed E-state index contributed by atoms with van der Waals surface area (Å²) in [5, 5.41) is 2.75. The van der Waals surface area contributed by atoms with E-state index >= 15 is 0 Å². The highest BCUT2D eigenvalue weighted by Crippen LogP contribution is 2.32. The number of rotatable bonds is 4. The van der Waals surface area contributed by atoms with Gasteiger partial charge in [-0.05, 0) is 50.1 Å². The van der Waals surface area contributed by atoms with Crippen LogP contribution in [0.4, 0.5) is 5.69 Å². The Kier molecular flexibility index (Phi) is 5.55. The summed E-state index contributed by atoms with van der Waals surface area (Å²) in [6, 6.07) is 10.9. The van der Waals surface area contributed by atoms with Crippen LogP contribution in [-0.4, -0.2) is 30.3 Å². The minimum atomic E-state index is -0.230. The number of hydrogen-bond acceptors (Lipinski definition) is 3. The van der Waals surface area contributed by atoms with Gasteiger partial charge in [-0.15, -0.1) is 11.3 Å². The first-order chi connectivity index (χ1) is 9.97. The van der Waals surface area contributed by atoms with Crippen molar-refractivity contribution >= 4 is 60.7 Å². The third kappa shape index (κ3) is 4.39. The van der Waals surface area contributed by atoms with Crippen molar-refractivity contribution < 1.29 is 9.59 Å². The van der Waals surface area contributed by atoms with Gasteiger partial charge in [0.2, 0.25) is 5.91 Å². The highest BCUT2D eigenvalue weighted by atomic mass is 79.9. The van der Waals surface area contributed by atoms with Crippen LogP contribution in [0, 0.1) is 0 Å². The van der Waals surface area contributed by atoms with Gasteiger partial charge in [0.25, 0.3) is 5.91 Å².